The molecule has 122 valence electrons. The Morgan fingerprint density at radius 2 is 1.96 bits per heavy atom. The van der Waals surface area contributed by atoms with E-state index in [0.29, 0.717) is 11.6 Å². The molecule has 0 amide bonds. The fourth-order valence-corrected chi connectivity index (χ4v) is 2.52. The number of halogens is 1. The number of carbonyl (C=O) groups excluding carboxylic acids is 1. The monoisotopic (exact) mass is 331 g/mol. The van der Waals surface area contributed by atoms with E-state index >= 15 is 0 Å². The maximum atomic E-state index is 12.4. The Bertz CT molecular complexity index is 683. The van der Waals surface area contributed by atoms with Gasteiger partial charge < -0.3 is 4.74 Å². The molecule has 0 aliphatic rings. The average molecular weight is 332 g/mol. The molecule has 3 nitrogen and oxygen atoms in total. The topological polar surface area (TPSA) is 39.2 Å². The van der Waals surface area contributed by atoms with E-state index in [-0.39, 0.29) is 5.97 Å². The largest absolute Gasteiger partial charge is 0.465 e. The van der Waals surface area contributed by atoms with Gasteiger partial charge in [-0.15, -0.1) is 0 Å². The van der Waals surface area contributed by atoms with Gasteiger partial charge in [-0.05, 0) is 63.4 Å². The number of hydrogen-bond acceptors (Lipinski definition) is 3. The number of carbonyl (C=O) groups is 1. The Morgan fingerprint density at radius 1 is 1.22 bits per heavy atom. The van der Waals surface area contributed by atoms with Crippen LogP contribution in [0.1, 0.15) is 37.2 Å². The highest BCUT2D eigenvalue weighted by Crippen LogP contribution is 2.27. The summed E-state index contributed by atoms with van der Waals surface area (Å²) in [4.78, 5) is 16.8. The first-order valence-corrected chi connectivity index (χ1v) is 8.13. The van der Waals surface area contributed by atoms with E-state index in [1.165, 1.54) is 0 Å². The van der Waals surface area contributed by atoms with Crippen LogP contribution in [0.3, 0.4) is 0 Å². The molecule has 0 radical (unpaired) electrons. The van der Waals surface area contributed by atoms with Gasteiger partial charge in [-0.2, -0.15) is 0 Å². The minimum atomic E-state index is -0.716. The highest BCUT2D eigenvalue weighted by molar-refractivity contribution is 6.30. The summed E-state index contributed by atoms with van der Waals surface area (Å²) < 4.78 is 5.44. The summed E-state index contributed by atoms with van der Waals surface area (Å²) in [6.45, 7) is 6.06. The molecule has 0 N–H and O–H groups in total. The molecule has 1 aromatic carbocycles. The van der Waals surface area contributed by atoms with E-state index in [1.807, 2.05) is 51.1 Å². The van der Waals surface area contributed by atoms with Crippen LogP contribution in [0.5, 0.6) is 0 Å². The van der Waals surface area contributed by atoms with Crippen molar-refractivity contribution in [2.24, 2.45) is 0 Å². The molecule has 0 unspecified atom stereocenters. The van der Waals surface area contributed by atoms with Crippen LogP contribution in [-0.2, 0) is 21.4 Å². The highest BCUT2D eigenvalue weighted by atomic mass is 35.5. The molecule has 2 aromatic rings. The summed E-state index contributed by atoms with van der Waals surface area (Å²) in [5.74, 6) is -0.239. The van der Waals surface area contributed by atoms with Gasteiger partial charge >= 0.3 is 5.97 Å². The second-order valence-corrected chi connectivity index (χ2v) is 6.58. The molecule has 0 saturated heterocycles. The van der Waals surface area contributed by atoms with Crippen molar-refractivity contribution in [1.82, 2.24) is 4.98 Å². The van der Waals surface area contributed by atoms with Crippen molar-refractivity contribution in [1.29, 1.82) is 0 Å². The van der Waals surface area contributed by atoms with Gasteiger partial charge in [0.1, 0.15) is 0 Å². The van der Waals surface area contributed by atoms with Gasteiger partial charge in [0.2, 0.25) is 0 Å². The van der Waals surface area contributed by atoms with E-state index in [0.717, 1.165) is 29.8 Å². The summed E-state index contributed by atoms with van der Waals surface area (Å²) >= 11 is 6.00. The van der Waals surface area contributed by atoms with Crippen molar-refractivity contribution in [2.75, 3.05) is 6.61 Å². The van der Waals surface area contributed by atoms with E-state index in [9.17, 15) is 4.79 Å². The van der Waals surface area contributed by atoms with Crippen molar-refractivity contribution in [3.05, 3.63) is 64.4 Å². The number of ether oxygens (including phenoxy) is 1. The number of rotatable bonds is 6. The quantitative estimate of drug-likeness (QED) is 0.578. The van der Waals surface area contributed by atoms with Crippen LogP contribution in [0, 0.1) is 6.92 Å². The van der Waals surface area contributed by atoms with Crippen LogP contribution in [0.2, 0.25) is 5.02 Å². The lowest BCUT2D eigenvalue weighted by Gasteiger charge is -2.23. The van der Waals surface area contributed by atoms with Gasteiger partial charge in [0, 0.05) is 16.4 Å². The minimum absolute atomic E-state index is 0.239. The number of esters is 1. The van der Waals surface area contributed by atoms with Crippen LogP contribution >= 0.6 is 11.6 Å². The van der Waals surface area contributed by atoms with Gasteiger partial charge in [-0.3, -0.25) is 9.78 Å². The number of benzene rings is 1. The number of aryl methyl sites for hydroxylation is 2. The van der Waals surface area contributed by atoms with Crippen molar-refractivity contribution in [3.8, 4) is 0 Å². The minimum Gasteiger partial charge on any atom is -0.465 e. The van der Waals surface area contributed by atoms with Gasteiger partial charge in [-0.25, -0.2) is 0 Å². The molecule has 0 aliphatic heterocycles. The van der Waals surface area contributed by atoms with Crippen molar-refractivity contribution in [2.45, 2.75) is 39.0 Å². The summed E-state index contributed by atoms with van der Waals surface area (Å²) in [6.07, 6.45) is 1.56. The number of hydrogen-bond donors (Lipinski definition) is 0. The van der Waals surface area contributed by atoms with Crippen LogP contribution in [0.4, 0.5) is 0 Å². The van der Waals surface area contributed by atoms with Crippen LogP contribution in [-0.4, -0.2) is 17.6 Å². The molecule has 1 heterocycles. The Hall–Kier alpha value is -1.87. The van der Waals surface area contributed by atoms with E-state index in [2.05, 4.69) is 4.98 Å². The molecule has 0 saturated carbocycles. The summed E-state index contributed by atoms with van der Waals surface area (Å²) in [6, 6.07) is 13.3. The van der Waals surface area contributed by atoms with E-state index in [4.69, 9.17) is 16.3 Å². The predicted octanol–water partition coefficient (Wildman–Crippen LogP) is 4.50. The fraction of sp³-hybridized carbons (Fsp3) is 0.368. The van der Waals surface area contributed by atoms with E-state index < -0.39 is 5.41 Å². The number of nitrogens with zero attached hydrogens (tertiary/aromatic N) is 1. The molecule has 4 heteroatoms. The van der Waals surface area contributed by atoms with Crippen molar-refractivity contribution >= 4 is 17.6 Å². The third-order valence-electron chi connectivity index (χ3n) is 3.81. The maximum Gasteiger partial charge on any atom is 0.315 e. The Morgan fingerprint density at radius 3 is 2.65 bits per heavy atom. The molecule has 0 aliphatic carbocycles. The van der Waals surface area contributed by atoms with Crippen LogP contribution in [0.15, 0.2) is 42.5 Å². The number of aromatic nitrogens is 1. The first-order valence-electron chi connectivity index (χ1n) is 7.75. The zero-order chi connectivity index (χ0) is 16.9. The average Bonchev–Trinajstić information content (AvgIpc) is 2.51. The molecular weight excluding hydrogens is 310 g/mol. The van der Waals surface area contributed by atoms with Crippen molar-refractivity contribution in [3.63, 3.8) is 0 Å². The van der Waals surface area contributed by atoms with Gasteiger partial charge in [-0.1, -0.05) is 29.8 Å². The van der Waals surface area contributed by atoms with Crippen LogP contribution in [0.25, 0.3) is 0 Å². The molecular formula is C19H22ClNO2. The van der Waals surface area contributed by atoms with Gasteiger partial charge in [0.05, 0.1) is 12.0 Å². The molecule has 0 atom stereocenters. The molecule has 0 bridgehead atoms. The second kappa shape index (κ2) is 7.60. The smallest absolute Gasteiger partial charge is 0.315 e. The normalized spacial score (nSPS) is 11.3. The lowest BCUT2D eigenvalue weighted by atomic mass is 9.85. The molecule has 1 aromatic heterocycles. The van der Waals surface area contributed by atoms with Crippen LogP contribution < -0.4 is 0 Å². The maximum absolute atomic E-state index is 12.4. The van der Waals surface area contributed by atoms with Crippen molar-refractivity contribution < 1.29 is 9.53 Å². The molecule has 0 fully saturated rings. The van der Waals surface area contributed by atoms with E-state index in [1.54, 1.807) is 12.1 Å². The standard InChI is InChI=1S/C19H22ClNO2/c1-14-7-4-10-17(21-14)11-6-12-23-18(22)19(2,3)15-8-5-9-16(20)13-15/h4-5,7-10,13H,6,11-12H2,1-3H3. The summed E-state index contributed by atoms with van der Waals surface area (Å²) in [5.41, 5.74) is 2.17. The summed E-state index contributed by atoms with van der Waals surface area (Å²) in [5, 5.41) is 0.619. The SMILES string of the molecule is Cc1cccc(CCCOC(=O)C(C)(C)c2cccc(Cl)c2)n1. The Balaban J connectivity index is 1.86. The number of pyridine rings is 1. The first kappa shape index (κ1) is 17.5. The van der Waals surface area contributed by atoms with Gasteiger partial charge in [0.25, 0.3) is 0 Å². The lowest BCUT2D eigenvalue weighted by Crippen LogP contribution is -2.31. The summed E-state index contributed by atoms with van der Waals surface area (Å²) in [7, 11) is 0. The fourth-order valence-electron chi connectivity index (χ4n) is 2.33. The molecule has 0 spiro atoms. The Kier molecular flexibility index (Phi) is 5.78. The molecule has 2 rings (SSSR count). The first-order chi connectivity index (χ1) is 10.9. The zero-order valence-electron chi connectivity index (χ0n) is 13.8. The predicted molar refractivity (Wildman–Crippen MR) is 92.7 cm³/mol. The second-order valence-electron chi connectivity index (χ2n) is 6.15. The third kappa shape index (κ3) is 4.80. The highest BCUT2D eigenvalue weighted by Gasteiger charge is 2.31. The lowest BCUT2D eigenvalue weighted by molar-refractivity contribution is -0.149. The van der Waals surface area contributed by atoms with Gasteiger partial charge in [0.15, 0.2) is 0 Å². The third-order valence-corrected chi connectivity index (χ3v) is 4.05. The zero-order valence-corrected chi connectivity index (χ0v) is 14.6. The Labute approximate surface area is 142 Å². The molecule has 23 heavy (non-hydrogen) atoms.